The minimum absolute atomic E-state index is 0.196. The van der Waals surface area contributed by atoms with Crippen molar-refractivity contribution in [3.8, 4) is 0 Å². The van der Waals surface area contributed by atoms with Crippen molar-refractivity contribution in [2.75, 3.05) is 5.32 Å². The number of halogens is 1. The molecule has 0 spiro atoms. The summed E-state index contributed by atoms with van der Waals surface area (Å²) >= 11 is 2.33. The highest BCUT2D eigenvalue weighted by Gasteiger charge is 2.21. The van der Waals surface area contributed by atoms with Crippen molar-refractivity contribution in [2.24, 2.45) is 0 Å². The van der Waals surface area contributed by atoms with Crippen molar-refractivity contribution in [2.45, 2.75) is 44.2 Å². The standard InChI is InChI=1S/C13H18INO/c14-10-6-4-5-7-11(10)15-12-8-2-1-3-9-13(12)16/h4-7,12-13,15-16H,1-3,8-9H2. The van der Waals surface area contributed by atoms with Crippen molar-refractivity contribution in [1.82, 2.24) is 0 Å². The summed E-state index contributed by atoms with van der Waals surface area (Å²) in [5.41, 5.74) is 1.15. The van der Waals surface area contributed by atoms with Crippen LogP contribution in [0.25, 0.3) is 0 Å². The van der Waals surface area contributed by atoms with E-state index in [1.807, 2.05) is 12.1 Å². The molecule has 0 radical (unpaired) electrons. The highest BCUT2D eigenvalue weighted by atomic mass is 127. The number of hydrogen-bond donors (Lipinski definition) is 2. The number of nitrogens with one attached hydrogen (secondary N) is 1. The fraction of sp³-hybridized carbons (Fsp3) is 0.538. The lowest BCUT2D eigenvalue weighted by atomic mass is 10.1. The number of para-hydroxylation sites is 1. The molecule has 0 saturated heterocycles. The van der Waals surface area contributed by atoms with E-state index in [1.54, 1.807) is 0 Å². The molecular formula is C13H18INO. The lowest BCUT2D eigenvalue weighted by Gasteiger charge is -2.23. The monoisotopic (exact) mass is 331 g/mol. The summed E-state index contributed by atoms with van der Waals surface area (Å²) < 4.78 is 1.22. The first kappa shape index (κ1) is 12.2. The van der Waals surface area contributed by atoms with Crippen LogP contribution >= 0.6 is 22.6 Å². The summed E-state index contributed by atoms with van der Waals surface area (Å²) in [5, 5.41) is 13.5. The van der Waals surface area contributed by atoms with Crippen LogP contribution in [0.1, 0.15) is 32.1 Å². The second-order valence-corrected chi connectivity index (χ2v) is 5.60. The molecule has 1 aromatic rings. The van der Waals surface area contributed by atoms with E-state index in [2.05, 4.69) is 40.0 Å². The van der Waals surface area contributed by atoms with Gasteiger partial charge in [-0.25, -0.2) is 0 Å². The van der Waals surface area contributed by atoms with Gasteiger partial charge in [0.05, 0.1) is 12.1 Å². The van der Waals surface area contributed by atoms with Gasteiger partial charge in [0.1, 0.15) is 0 Å². The van der Waals surface area contributed by atoms with Gasteiger partial charge in [-0.2, -0.15) is 0 Å². The number of hydrogen-bond acceptors (Lipinski definition) is 2. The molecule has 0 amide bonds. The lowest BCUT2D eigenvalue weighted by Crippen LogP contribution is -2.32. The predicted molar refractivity (Wildman–Crippen MR) is 75.7 cm³/mol. The van der Waals surface area contributed by atoms with E-state index in [-0.39, 0.29) is 12.1 Å². The highest BCUT2D eigenvalue weighted by Crippen LogP contribution is 2.24. The molecule has 2 N–H and O–H groups in total. The Morgan fingerprint density at radius 2 is 1.88 bits per heavy atom. The van der Waals surface area contributed by atoms with Crippen molar-refractivity contribution < 1.29 is 5.11 Å². The Bertz CT molecular complexity index is 342. The molecule has 0 heterocycles. The Hall–Kier alpha value is -0.290. The van der Waals surface area contributed by atoms with Crippen LogP contribution in [0.15, 0.2) is 24.3 Å². The molecular weight excluding hydrogens is 313 g/mol. The van der Waals surface area contributed by atoms with Gasteiger partial charge in [0, 0.05) is 9.26 Å². The van der Waals surface area contributed by atoms with Gasteiger partial charge in [0.15, 0.2) is 0 Å². The largest absolute Gasteiger partial charge is 0.391 e. The zero-order valence-corrected chi connectivity index (χ0v) is 11.5. The maximum absolute atomic E-state index is 10.0. The molecule has 2 atom stereocenters. The molecule has 1 aliphatic rings. The van der Waals surface area contributed by atoms with Crippen LogP contribution in [0, 0.1) is 3.57 Å². The molecule has 2 unspecified atom stereocenters. The zero-order valence-electron chi connectivity index (χ0n) is 9.32. The van der Waals surface area contributed by atoms with Gasteiger partial charge in [0.25, 0.3) is 0 Å². The Labute approximate surface area is 111 Å². The molecule has 3 heteroatoms. The van der Waals surface area contributed by atoms with Gasteiger partial charge in [-0.1, -0.05) is 31.4 Å². The lowest BCUT2D eigenvalue weighted by molar-refractivity contribution is 0.144. The Kier molecular flexibility index (Phi) is 4.46. The fourth-order valence-electron chi connectivity index (χ4n) is 2.23. The molecule has 0 bridgehead atoms. The van der Waals surface area contributed by atoms with Gasteiger partial charge >= 0.3 is 0 Å². The average molecular weight is 331 g/mol. The van der Waals surface area contributed by atoms with Gasteiger partial charge in [0.2, 0.25) is 0 Å². The SMILES string of the molecule is OC1CCCCCC1Nc1ccccc1I. The first-order chi connectivity index (χ1) is 7.77. The number of aliphatic hydroxyl groups is 1. The highest BCUT2D eigenvalue weighted by molar-refractivity contribution is 14.1. The van der Waals surface area contributed by atoms with E-state index < -0.39 is 0 Å². The molecule has 2 nitrogen and oxygen atoms in total. The zero-order chi connectivity index (χ0) is 11.4. The maximum Gasteiger partial charge on any atom is 0.0741 e. The van der Waals surface area contributed by atoms with Crippen molar-refractivity contribution in [3.63, 3.8) is 0 Å². The van der Waals surface area contributed by atoms with Gasteiger partial charge in [-0.3, -0.25) is 0 Å². The summed E-state index contributed by atoms with van der Waals surface area (Å²) in [6.45, 7) is 0. The summed E-state index contributed by atoms with van der Waals surface area (Å²) in [6.07, 6.45) is 5.44. The molecule has 1 aromatic carbocycles. The van der Waals surface area contributed by atoms with Crippen LogP contribution in [-0.4, -0.2) is 17.3 Å². The van der Waals surface area contributed by atoms with Crippen LogP contribution in [0.4, 0.5) is 5.69 Å². The Morgan fingerprint density at radius 1 is 1.12 bits per heavy atom. The molecule has 0 aliphatic heterocycles. The number of rotatable bonds is 2. The van der Waals surface area contributed by atoms with Crippen molar-refractivity contribution >= 4 is 28.3 Å². The number of anilines is 1. The average Bonchev–Trinajstić information content (AvgIpc) is 2.48. The molecule has 88 valence electrons. The van der Waals surface area contributed by atoms with E-state index >= 15 is 0 Å². The maximum atomic E-state index is 10.0. The summed E-state index contributed by atoms with van der Waals surface area (Å²) in [4.78, 5) is 0. The third-order valence-electron chi connectivity index (χ3n) is 3.19. The first-order valence-electron chi connectivity index (χ1n) is 5.96. The Morgan fingerprint density at radius 3 is 2.69 bits per heavy atom. The molecule has 16 heavy (non-hydrogen) atoms. The quantitative estimate of drug-likeness (QED) is 0.643. The third-order valence-corrected chi connectivity index (χ3v) is 4.13. The van der Waals surface area contributed by atoms with Crippen LogP contribution < -0.4 is 5.32 Å². The third kappa shape index (κ3) is 3.10. The van der Waals surface area contributed by atoms with Gasteiger partial charge < -0.3 is 10.4 Å². The van der Waals surface area contributed by atoms with Crippen LogP contribution in [-0.2, 0) is 0 Å². The smallest absolute Gasteiger partial charge is 0.0741 e. The molecule has 1 aliphatic carbocycles. The second kappa shape index (κ2) is 5.87. The summed E-state index contributed by atoms with van der Waals surface area (Å²) in [5.74, 6) is 0. The van der Waals surface area contributed by atoms with Crippen LogP contribution in [0.2, 0.25) is 0 Å². The first-order valence-corrected chi connectivity index (χ1v) is 7.04. The summed E-state index contributed by atoms with van der Waals surface area (Å²) in [6, 6.07) is 8.47. The minimum atomic E-state index is -0.196. The molecule has 1 fully saturated rings. The van der Waals surface area contributed by atoms with E-state index in [9.17, 15) is 5.11 Å². The number of aliphatic hydroxyl groups excluding tert-OH is 1. The van der Waals surface area contributed by atoms with Gasteiger partial charge in [-0.15, -0.1) is 0 Å². The van der Waals surface area contributed by atoms with Crippen LogP contribution in [0.3, 0.4) is 0 Å². The fourth-order valence-corrected chi connectivity index (χ4v) is 2.78. The van der Waals surface area contributed by atoms with Crippen molar-refractivity contribution in [3.05, 3.63) is 27.8 Å². The second-order valence-electron chi connectivity index (χ2n) is 4.44. The van der Waals surface area contributed by atoms with E-state index in [0.717, 1.165) is 24.9 Å². The van der Waals surface area contributed by atoms with Crippen molar-refractivity contribution in [1.29, 1.82) is 0 Å². The van der Waals surface area contributed by atoms with E-state index in [1.165, 1.54) is 16.4 Å². The van der Waals surface area contributed by atoms with E-state index in [0.29, 0.717) is 0 Å². The summed E-state index contributed by atoms with van der Waals surface area (Å²) in [7, 11) is 0. The molecule has 1 saturated carbocycles. The van der Waals surface area contributed by atoms with Gasteiger partial charge in [-0.05, 0) is 47.6 Å². The van der Waals surface area contributed by atoms with Crippen LogP contribution in [0.5, 0.6) is 0 Å². The molecule has 0 aromatic heterocycles. The topological polar surface area (TPSA) is 32.3 Å². The Balaban J connectivity index is 2.05. The minimum Gasteiger partial charge on any atom is -0.391 e. The van der Waals surface area contributed by atoms with E-state index in [4.69, 9.17) is 0 Å². The molecule has 2 rings (SSSR count). The normalized spacial score (nSPS) is 26.1. The predicted octanol–water partition coefficient (Wildman–Crippen LogP) is 3.40. The number of benzene rings is 1.